The molecule has 0 radical (unpaired) electrons. The molecular formula is C21H24ClN3O2. The lowest BCUT2D eigenvalue weighted by Crippen LogP contribution is -2.42. The second-order valence-electron chi connectivity index (χ2n) is 8.36. The highest BCUT2D eigenvalue weighted by Crippen LogP contribution is 2.46. The van der Waals surface area contributed by atoms with E-state index >= 15 is 0 Å². The van der Waals surface area contributed by atoms with Crippen molar-refractivity contribution in [1.82, 2.24) is 14.9 Å². The van der Waals surface area contributed by atoms with Crippen LogP contribution in [0.4, 0.5) is 0 Å². The minimum absolute atomic E-state index is 0.0619. The Kier molecular flexibility index (Phi) is 4.06. The molecule has 1 aliphatic heterocycles. The summed E-state index contributed by atoms with van der Waals surface area (Å²) in [4.78, 5) is 22.9. The number of aromatic nitrogens is 2. The largest absolute Gasteiger partial charge is 0.506 e. The van der Waals surface area contributed by atoms with Crippen molar-refractivity contribution in [2.24, 2.45) is 0 Å². The molecule has 1 aromatic heterocycles. The molecule has 27 heavy (non-hydrogen) atoms. The van der Waals surface area contributed by atoms with Crippen molar-refractivity contribution in [2.75, 3.05) is 13.1 Å². The molecule has 6 heteroatoms. The Bertz CT molecular complexity index is 943. The van der Waals surface area contributed by atoms with Crippen molar-refractivity contribution in [3.05, 3.63) is 56.2 Å². The number of hydrogen-bond acceptors (Lipinski definition) is 4. The summed E-state index contributed by atoms with van der Waals surface area (Å²) >= 11 is 6.25. The topological polar surface area (TPSA) is 69.2 Å². The molecule has 1 saturated carbocycles. The van der Waals surface area contributed by atoms with E-state index in [4.69, 9.17) is 16.6 Å². The maximum Gasteiger partial charge on any atom is 0.254 e. The SMILES string of the molecule is O=c1[nH]c(C2CC2)nc2c1CCC21CCN(Cc2cccc(O)c2Cl)CC1. The highest BCUT2D eigenvalue weighted by atomic mass is 35.5. The van der Waals surface area contributed by atoms with Gasteiger partial charge in [0.05, 0.1) is 10.7 Å². The van der Waals surface area contributed by atoms with E-state index in [0.717, 1.165) is 80.8 Å². The minimum Gasteiger partial charge on any atom is -0.506 e. The standard InChI is InChI=1S/C21H24ClN3O2/c22-17-14(2-1-3-16(17)26)12-25-10-8-21(9-11-25)7-6-15-18(21)23-19(13-4-5-13)24-20(15)27/h1-3,13,26H,4-12H2,(H,23,24,27). The van der Waals surface area contributed by atoms with Gasteiger partial charge in [-0.1, -0.05) is 23.7 Å². The molecule has 1 saturated heterocycles. The molecule has 5 nitrogen and oxygen atoms in total. The summed E-state index contributed by atoms with van der Waals surface area (Å²) in [7, 11) is 0. The van der Waals surface area contributed by atoms with Crippen molar-refractivity contribution in [3.63, 3.8) is 0 Å². The first-order chi connectivity index (χ1) is 13.1. The number of phenolic OH excluding ortho intramolecular Hbond substituents is 1. The van der Waals surface area contributed by atoms with Gasteiger partial charge in [0.25, 0.3) is 5.56 Å². The van der Waals surface area contributed by atoms with Crippen molar-refractivity contribution >= 4 is 11.6 Å². The first-order valence-electron chi connectivity index (χ1n) is 9.88. The fourth-order valence-corrected chi connectivity index (χ4v) is 4.96. The lowest BCUT2D eigenvalue weighted by molar-refractivity contribution is 0.150. The third-order valence-corrected chi connectivity index (χ3v) is 7.06. The summed E-state index contributed by atoms with van der Waals surface area (Å²) in [5, 5.41) is 10.3. The van der Waals surface area contributed by atoms with E-state index in [1.807, 2.05) is 12.1 Å². The van der Waals surface area contributed by atoms with Crippen LogP contribution in [-0.4, -0.2) is 33.1 Å². The quantitative estimate of drug-likeness (QED) is 0.848. The normalized spacial score (nSPS) is 21.5. The number of hydrogen-bond donors (Lipinski definition) is 2. The molecule has 1 spiro atoms. The lowest BCUT2D eigenvalue weighted by atomic mass is 9.76. The van der Waals surface area contributed by atoms with Gasteiger partial charge in [-0.15, -0.1) is 0 Å². The van der Waals surface area contributed by atoms with E-state index in [2.05, 4.69) is 9.88 Å². The molecule has 5 rings (SSSR count). The van der Waals surface area contributed by atoms with E-state index in [-0.39, 0.29) is 16.7 Å². The highest BCUT2D eigenvalue weighted by molar-refractivity contribution is 6.32. The highest BCUT2D eigenvalue weighted by Gasteiger charge is 2.44. The van der Waals surface area contributed by atoms with Gasteiger partial charge >= 0.3 is 0 Å². The van der Waals surface area contributed by atoms with Crippen molar-refractivity contribution in [3.8, 4) is 5.75 Å². The smallest absolute Gasteiger partial charge is 0.254 e. The zero-order valence-electron chi connectivity index (χ0n) is 15.3. The number of rotatable bonds is 3. The lowest BCUT2D eigenvalue weighted by Gasteiger charge is -2.39. The van der Waals surface area contributed by atoms with Crippen LogP contribution in [0.5, 0.6) is 5.75 Å². The summed E-state index contributed by atoms with van der Waals surface area (Å²) in [6.45, 7) is 2.66. The van der Waals surface area contributed by atoms with Gasteiger partial charge in [0.15, 0.2) is 0 Å². The van der Waals surface area contributed by atoms with Crippen LogP contribution in [0.3, 0.4) is 0 Å². The van der Waals surface area contributed by atoms with Gasteiger partial charge in [-0.2, -0.15) is 0 Å². The molecule has 2 aliphatic carbocycles. The molecule has 0 amide bonds. The van der Waals surface area contributed by atoms with Gasteiger partial charge in [-0.25, -0.2) is 4.98 Å². The average molecular weight is 386 g/mol. The molecule has 142 valence electrons. The summed E-state index contributed by atoms with van der Waals surface area (Å²) in [5.41, 5.74) is 3.12. The van der Waals surface area contributed by atoms with Crippen molar-refractivity contribution in [2.45, 2.75) is 56.4 Å². The monoisotopic (exact) mass is 385 g/mol. The number of likely N-dealkylation sites (tertiary alicyclic amines) is 1. The third kappa shape index (κ3) is 2.97. The Morgan fingerprint density at radius 3 is 2.78 bits per heavy atom. The van der Waals surface area contributed by atoms with Gasteiger partial charge in [-0.05, 0) is 63.2 Å². The number of nitrogens with one attached hydrogen (secondary N) is 1. The van der Waals surface area contributed by atoms with Crippen LogP contribution >= 0.6 is 11.6 Å². The van der Waals surface area contributed by atoms with E-state index < -0.39 is 0 Å². The molecule has 2 aromatic rings. The number of phenols is 1. The Balaban J connectivity index is 1.35. The van der Waals surface area contributed by atoms with Gasteiger partial charge in [-0.3, -0.25) is 9.69 Å². The number of piperidine rings is 1. The molecule has 0 unspecified atom stereocenters. The molecule has 3 aliphatic rings. The number of halogens is 1. The van der Waals surface area contributed by atoms with E-state index in [9.17, 15) is 9.90 Å². The molecule has 0 atom stereocenters. The first kappa shape index (κ1) is 17.3. The van der Waals surface area contributed by atoms with Crippen molar-refractivity contribution in [1.29, 1.82) is 0 Å². The molecule has 2 heterocycles. The molecule has 1 aromatic carbocycles. The van der Waals surface area contributed by atoms with Gasteiger partial charge in [0, 0.05) is 23.4 Å². The van der Waals surface area contributed by atoms with Crippen molar-refractivity contribution < 1.29 is 5.11 Å². The Morgan fingerprint density at radius 1 is 1.26 bits per heavy atom. The maximum atomic E-state index is 12.5. The number of aromatic hydroxyl groups is 1. The number of benzene rings is 1. The van der Waals surface area contributed by atoms with Crippen LogP contribution in [-0.2, 0) is 18.4 Å². The number of H-pyrrole nitrogens is 1. The predicted molar refractivity (Wildman–Crippen MR) is 104 cm³/mol. The maximum absolute atomic E-state index is 12.5. The van der Waals surface area contributed by atoms with Gasteiger partial charge in [0.1, 0.15) is 11.6 Å². The molecular weight excluding hydrogens is 362 g/mol. The van der Waals surface area contributed by atoms with Gasteiger partial charge < -0.3 is 10.1 Å². The zero-order chi connectivity index (χ0) is 18.6. The van der Waals surface area contributed by atoms with Crippen LogP contribution in [0.1, 0.15) is 60.7 Å². The average Bonchev–Trinajstić information content (AvgIpc) is 3.45. The number of nitrogens with zero attached hydrogens (tertiary/aromatic N) is 2. The summed E-state index contributed by atoms with van der Waals surface area (Å²) in [6.07, 6.45) is 6.22. The van der Waals surface area contributed by atoms with E-state index in [1.165, 1.54) is 0 Å². The third-order valence-electron chi connectivity index (χ3n) is 6.62. The fraction of sp³-hybridized carbons (Fsp3) is 0.524. The number of aromatic amines is 1. The summed E-state index contributed by atoms with van der Waals surface area (Å²) < 4.78 is 0. The molecule has 2 N–H and O–H groups in total. The summed E-state index contributed by atoms with van der Waals surface area (Å²) in [5.74, 6) is 1.52. The van der Waals surface area contributed by atoms with E-state index in [0.29, 0.717) is 10.9 Å². The number of fused-ring (bicyclic) bond motifs is 2. The predicted octanol–water partition coefficient (Wildman–Crippen LogP) is 3.49. The fourth-order valence-electron chi connectivity index (χ4n) is 4.77. The Morgan fingerprint density at radius 2 is 2.04 bits per heavy atom. The summed E-state index contributed by atoms with van der Waals surface area (Å²) in [6, 6.07) is 5.43. The van der Waals surface area contributed by atoms with Crippen LogP contribution < -0.4 is 5.56 Å². The van der Waals surface area contributed by atoms with Crippen LogP contribution in [0.2, 0.25) is 5.02 Å². The Labute approximate surface area is 163 Å². The zero-order valence-corrected chi connectivity index (χ0v) is 16.1. The second kappa shape index (κ2) is 6.35. The van der Waals surface area contributed by atoms with E-state index in [1.54, 1.807) is 6.07 Å². The second-order valence-corrected chi connectivity index (χ2v) is 8.74. The molecule has 2 fully saturated rings. The van der Waals surface area contributed by atoms with Crippen LogP contribution in [0.15, 0.2) is 23.0 Å². The minimum atomic E-state index is 0.0619. The first-order valence-corrected chi connectivity index (χ1v) is 10.3. The molecule has 0 bridgehead atoms. The van der Waals surface area contributed by atoms with Crippen LogP contribution in [0.25, 0.3) is 0 Å². The van der Waals surface area contributed by atoms with Gasteiger partial charge in [0.2, 0.25) is 0 Å². The van der Waals surface area contributed by atoms with Crippen LogP contribution in [0, 0.1) is 0 Å². The Hall–Kier alpha value is -1.85.